The van der Waals surface area contributed by atoms with E-state index in [1.807, 2.05) is 0 Å². The second kappa shape index (κ2) is 29.4. The van der Waals surface area contributed by atoms with Crippen molar-refractivity contribution in [2.75, 3.05) is 0 Å². The first kappa shape index (κ1) is 78.1. The summed E-state index contributed by atoms with van der Waals surface area (Å²) < 4.78 is 0. The van der Waals surface area contributed by atoms with E-state index in [9.17, 15) is 0 Å². The molecule has 0 aliphatic heterocycles. The Morgan fingerprint density at radius 1 is 0.125 bits per heavy atom. The lowest BCUT2D eigenvalue weighted by atomic mass is 9.65. The predicted molar refractivity (Wildman–Crippen MR) is 577 cm³/mol. The summed E-state index contributed by atoms with van der Waals surface area (Å²) in [5, 5.41) is 28.0. The molecule has 0 atom stereocenters. The van der Waals surface area contributed by atoms with Gasteiger partial charge in [0.1, 0.15) is 0 Å². The Bertz CT molecular complexity index is 9260. The highest BCUT2D eigenvalue weighted by Crippen LogP contribution is 2.67. The Kier molecular flexibility index (Phi) is 16.9. The summed E-state index contributed by atoms with van der Waals surface area (Å²) in [6, 6.07) is 179. The van der Waals surface area contributed by atoms with Crippen LogP contribution in [0.2, 0.25) is 0 Å². The quantitative estimate of drug-likeness (QED) is 0.105. The average molecular weight is 1720 g/mol. The molecule has 25 aromatic rings. The molecule has 0 aromatic heterocycles. The van der Waals surface area contributed by atoms with Gasteiger partial charge in [0.2, 0.25) is 0 Å². The minimum atomic E-state index is -0.620. The molecule has 0 saturated carbocycles. The second-order valence-corrected chi connectivity index (χ2v) is 39.1. The van der Waals surface area contributed by atoms with E-state index >= 15 is 0 Å². The maximum atomic E-state index is 2.60. The highest BCUT2D eigenvalue weighted by atomic mass is 14.5. The molecule has 4 aliphatic carbocycles. The van der Waals surface area contributed by atoms with Crippen molar-refractivity contribution in [2.24, 2.45) is 0 Å². The fourth-order valence-electron chi connectivity index (χ4n) is 26.5. The molecule has 634 valence electrons. The lowest BCUT2D eigenvalue weighted by molar-refractivity contribution is 0.660. The normalized spacial score (nSPS) is 14.1. The molecule has 0 fully saturated rings. The number of hydrogen-bond acceptors (Lipinski definition) is 0. The summed E-state index contributed by atoms with van der Waals surface area (Å²) in [6.45, 7) is 9.58. The van der Waals surface area contributed by atoms with Gasteiger partial charge in [0, 0.05) is 10.8 Å². The van der Waals surface area contributed by atoms with E-state index in [0.717, 1.165) is 0 Å². The summed E-state index contributed by atoms with van der Waals surface area (Å²) in [5.74, 6) is 0. The molecule has 4 aliphatic rings. The first-order valence-electron chi connectivity index (χ1n) is 48.1. The molecule has 136 heavy (non-hydrogen) atoms. The molecule has 0 heteroatoms. The van der Waals surface area contributed by atoms with Crippen molar-refractivity contribution < 1.29 is 0 Å². The van der Waals surface area contributed by atoms with Gasteiger partial charge in [0.15, 0.2) is 0 Å². The van der Waals surface area contributed by atoms with E-state index in [0.29, 0.717) is 0 Å². The zero-order valence-corrected chi connectivity index (χ0v) is 76.0. The fourth-order valence-corrected chi connectivity index (χ4v) is 26.5. The molecule has 0 bridgehead atoms. The lowest BCUT2D eigenvalue weighted by Gasteiger charge is -2.36. The predicted octanol–water partition coefficient (Wildman–Crippen LogP) is 36.1. The van der Waals surface area contributed by atoms with Gasteiger partial charge in [0.25, 0.3) is 0 Å². The highest BCUT2D eigenvalue weighted by Gasteiger charge is 2.52. The zero-order chi connectivity index (χ0) is 90.0. The summed E-state index contributed by atoms with van der Waals surface area (Å²) in [4.78, 5) is 0. The van der Waals surface area contributed by atoms with Crippen LogP contribution in [-0.4, -0.2) is 0 Å². The second-order valence-electron chi connectivity index (χ2n) is 39.1. The van der Waals surface area contributed by atoms with E-state index in [1.165, 1.54) is 274 Å². The minimum absolute atomic E-state index is 0.0999. The molecule has 0 amide bonds. The third kappa shape index (κ3) is 10.6. The van der Waals surface area contributed by atoms with Crippen molar-refractivity contribution in [3.05, 3.63) is 540 Å². The number of rotatable bonds is 8. The molecule has 0 radical (unpaired) electrons. The van der Waals surface area contributed by atoms with Gasteiger partial charge >= 0.3 is 0 Å². The van der Waals surface area contributed by atoms with Gasteiger partial charge in [0.05, 0.1) is 10.8 Å². The van der Waals surface area contributed by atoms with Crippen molar-refractivity contribution in [3.8, 4) is 89.0 Å². The molecular formula is C136H90. The summed E-state index contributed by atoms with van der Waals surface area (Å²) in [6.07, 6.45) is 0. The zero-order valence-electron chi connectivity index (χ0n) is 76.0. The lowest BCUT2D eigenvalue weighted by Crippen LogP contribution is -2.29. The van der Waals surface area contributed by atoms with Crippen molar-refractivity contribution in [1.29, 1.82) is 0 Å². The van der Waals surface area contributed by atoms with E-state index < -0.39 is 10.8 Å². The third-order valence-electron chi connectivity index (χ3n) is 32.0. The Hall–Kier alpha value is -16.6. The fraction of sp³-hybridized carbons (Fsp3) is 0.0588. The SMILES string of the molecule is CC1(C)c2ccccc2-c2c1cc(-c1c3ccccc3c(-c3cc4c(c5ccccc35)C(c3ccccc3)(c3ccccc3)c3c-4c4ccccc4c4ccccc34)c3ccccc13)c1ccccc21.CC1(C)c2ccccc2-c2ccc(-c3c4ccccc4c(-c4cc5c(c6ccccc46)C(c4ccccc4)(c4ccccc4)c4c-5c5ccccc5c5ccccc45)c4ccccc34)cc21. The van der Waals surface area contributed by atoms with Crippen LogP contribution >= 0.6 is 0 Å². The molecule has 29 rings (SSSR count). The van der Waals surface area contributed by atoms with Crippen molar-refractivity contribution in [3.63, 3.8) is 0 Å². The Morgan fingerprint density at radius 3 is 0.721 bits per heavy atom. The molecule has 0 spiro atoms. The van der Waals surface area contributed by atoms with Gasteiger partial charge in [-0.25, -0.2) is 0 Å². The molecule has 25 aromatic carbocycles. The van der Waals surface area contributed by atoms with Gasteiger partial charge < -0.3 is 0 Å². The molecule has 0 unspecified atom stereocenters. The first-order valence-corrected chi connectivity index (χ1v) is 48.1. The van der Waals surface area contributed by atoms with Gasteiger partial charge in [-0.15, -0.1) is 0 Å². The minimum Gasteiger partial charge on any atom is -0.0622 e. The summed E-state index contributed by atoms with van der Waals surface area (Å²) >= 11 is 0. The van der Waals surface area contributed by atoms with Crippen LogP contribution in [0.3, 0.4) is 0 Å². The van der Waals surface area contributed by atoms with Crippen LogP contribution in [0.15, 0.2) is 473 Å². The molecule has 0 heterocycles. The summed E-state index contributed by atoms with van der Waals surface area (Å²) in [5.41, 5.74) is 35.5. The smallest absolute Gasteiger partial charge is 0.0622 e. The van der Waals surface area contributed by atoms with Crippen LogP contribution in [0.5, 0.6) is 0 Å². The first-order chi connectivity index (χ1) is 67.1. The van der Waals surface area contributed by atoms with Crippen LogP contribution in [0, 0.1) is 0 Å². The maximum absolute atomic E-state index is 2.60. The van der Waals surface area contributed by atoms with Crippen molar-refractivity contribution >= 4 is 118 Å². The van der Waals surface area contributed by atoms with Crippen LogP contribution in [0.25, 0.3) is 208 Å². The third-order valence-corrected chi connectivity index (χ3v) is 32.0. The van der Waals surface area contributed by atoms with Crippen molar-refractivity contribution in [1.82, 2.24) is 0 Å². The number of fused-ring (bicyclic) bond motifs is 32. The molecule has 0 saturated heterocycles. The highest BCUT2D eigenvalue weighted by molar-refractivity contribution is 6.31. The van der Waals surface area contributed by atoms with Gasteiger partial charge in [-0.2, -0.15) is 0 Å². The van der Waals surface area contributed by atoms with Crippen LogP contribution in [0.1, 0.15) is 94.5 Å². The number of benzene rings is 25. The van der Waals surface area contributed by atoms with E-state index in [2.05, 4.69) is 501 Å². The van der Waals surface area contributed by atoms with Crippen molar-refractivity contribution in [2.45, 2.75) is 49.4 Å². The summed E-state index contributed by atoms with van der Waals surface area (Å²) in [7, 11) is 0. The molecular weight excluding hydrogens is 1630 g/mol. The Morgan fingerprint density at radius 2 is 0.360 bits per heavy atom. The Balaban J connectivity index is 0.000000135. The van der Waals surface area contributed by atoms with Gasteiger partial charge in [-0.05, 0) is 299 Å². The number of hydrogen-bond donors (Lipinski definition) is 0. The van der Waals surface area contributed by atoms with Gasteiger partial charge in [-0.1, -0.05) is 477 Å². The Labute approximate surface area is 791 Å². The van der Waals surface area contributed by atoms with Gasteiger partial charge in [-0.3, -0.25) is 0 Å². The van der Waals surface area contributed by atoms with Crippen LogP contribution in [-0.2, 0) is 21.7 Å². The monoisotopic (exact) mass is 1720 g/mol. The van der Waals surface area contributed by atoms with Crippen LogP contribution in [0.4, 0.5) is 0 Å². The maximum Gasteiger partial charge on any atom is 0.0725 e. The van der Waals surface area contributed by atoms with E-state index in [4.69, 9.17) is 0 Å². The van der Waals surface area contributed by atoms with E-state index in [1.54, 1.807) is 0 Å². The standard InChI is InChI=1S/C70H46.C66H44/c1-69(2)61-40-22-21-39-57(61)65-49-31-13-10-29-47(49)59(42-62(65)69)64-53-35-17-15-33-51(53)63(52-34-16-18-36-54(52)64)58-41-60-66-50-32-14-9-27-45(50)46-28-11-20-38-56(46)68(66)70(43-23-5-3-6-24-43,44-25-7-4-8-26-44)67(60)55-37-19-12-30-48(55)58;1-65(2)58-36-20-19-28-47(58)48-38-37-41(39-59(48)65)60-50-30-13-15-32-52(50)61(53-33-16-14-31-51(53)60)56-40-57-62-49-29-12-9-25-44(49)45-26-10-18-35-55(45)64(62)66(42-21-5-3-6-22-42,43-23-7-4-8-24-43)63(57)54-34-17-11-27-46(54)56/h3-42H,1-2H3;3-40H,1-2H3. The molecule has 0 nitrogen and oxygen atoms in total. The molecule has 0 N–H and O–H groups in total. The van der Waals surface area contributed by atoms with E-state index in [-0.39, 0.29) is 10.8 Å². The average Bonchev–Trinajstić information content (AvgIpc) is 1.50. The topological polar surface area (TPSA) is 0 Å². The largest absolute Gasteiger partial charge is 0.0725 e. The van der Waals surface area contributed by atoms with Crippen LogP contribution < -0.4 is 0 Å².